The molecule has 1 atom stereocenters. The molecule has 1 amide bonds. The quantitative estimate of drug-likeness (QED) is 0.663. The Morgan fingerprint density at radius 2 is 1.70 bits per heavy atom. The molecule has 0 spiro atoms. The number of amidine groups is 1. The number of methoxy groups -OCH3 is 1. The first kappa shape index (κ1) is 19.6. The van der Waals surface area contributed by atoms with E-state index in [2.05, 4.69) is 4.40 Å². The van der Waals surface area contributed by atoms with E-state index in [0.29, 0.717) is 19.6 Å². The molecular weight excluding hydrogens is 384 g/mol. The maximum absolute atomic E-state index is 12.9. The number of carbonyl (C=O) groups excluding carboxylic acids is 1. The molecule has 142 valence electrons. The third-order valence-corrected chi connectivity index (χ3v) is 6.65. The molecule has 0 aliphatic carbocycles. The van der Waals surface area contributed by atoms with Gasteiger partial charge in [-0.25, -0.2) is 0 Å². The van der Waals surface area contributed by atoms with Crippen molar-refractivity contribution in [3.63, 3.8) is 0 Å². The second-order valence-electron chi connectivity index (χ2n) is 5.91. The standard InChI is InChI=1S/C19H20N2O4S2/c1-25-14-8-13-21-18(22)17(15-9-4-2-5-10-15)26-19(21)20-27(23,24)16-11-6-3-7-12-16/h2-7,9-12,17H,8,13-14H2,1H3/t17-/m0/s1. The lowest BCUT2D eigenvalue weighted by Crippen LogP contribution is -2.32. The highest BCUT2D eigenvalue weighted by molar-refractivity contribution is 8.15. The minimum atomic E-state index is -3.89. The van der Waals surface area contributed by atoms with Crippen LogP contribution in [-0.4, -0.2) is 44.7 Å². The van der Waals surface area contributed by atoms with E-state index in [0.717, 1.165) is 5.56 Å². The Labute approximate surface area is 163 Å². The summed E-state index contributed by atoms with van der Waals surface area (Å²) in [4.78, 5) is 14.5. The van der Waals surface area contributed by atoms with Gasteiger partial charge in [0.25, 0.3) is 10.0 Å². The SMILES string of the molecule is COCCCN1C(=O)[C@H](c2ccccc2)SC1=NS(=O)(=O)c1ccccc1. The van der Waals surface area contributed by atoms with E-state index in [1.54, 1.807) is 25.3 Å². The van der Waals surface area contributed by atoms with Crippen LogP contribution < -0.4 is 0 Å². The highest BCUT2D eigenvalue weighted by Crippen LogP contribution is 2.40. The van der Waals surface area contributed by atoms with Crippen molar-refractivity contribution in [1.29, 1.82) is 0 Å². The van der Waals surface area contributed by atoms with E-state index in [1.165, 1.54) is 28.8 Å². The van der Waals surface area contributed by atoms with Crippen LogP contribution >= 0.6 is 11.8 Å². The maximum Gasteiger partial charge on any atom is 0.284 e. The van der Waals surface area contributed by atoms with Gasteiger partial charge in [0.1, 0.15) is 5.25 Å². The number of nitrogens with zero attached hydrogens (tertiary/aromatic N) is 2. The monoisotopic (exact) mass is 404 g/mol. The molecule has 8 heteroatoms. The largest absolute Gasteiger partial charge is 0.385 e. The summed E-state index contributed by atoms with van der Waals surface area (Å²) in [7, 11) is -2.31. The van der Waals surface area contributed by atoms with Crippen LogP contribution in [0.5, 0.6) is 0 Å². The third kappa shape index (κ3) is 4.58. The summed E-state index contributed by atoms with van der Waals surface area (Å²) < 4.78 is 34.3. The first-order valence-electron chi connectivity index (χ1n) is 8.45. The molecule has 1 fully saturated rings. The lowest BCUT2D eigenvalue weighted by Gasteiger charge is -2.16. The van der Waals surface area contributed by atoms with Crippen LogP contribution in [0.15, 0.2) is 70.0 Å². The Kier molecular flexibility index (Phi) is 6.30. The predicted molar refractivity (Wildman–Crippen MR) is 106 cm³/mol. The lowest BCUT2D eigenvalue weighted by molar-refractivity contribution is -0.126. The molecule has 1 aliphatic rings. The molecule has 0 saturated carbocycles. The Balaban J connectivity index is 1.94. The lowest BCUT2D eigenvalue weighted by atomic mass is 10.1. The zero-order chi connectivity index (χ0) is 19.3. The van der Waals surface area contributed by atoms with Crippen LogP contribution in [0.3, 0.4) is 0 Å². The van der Waals surface area contributed by atoms with Crippen LogP contribution in [0.25, 0.3) is 0 Å². The molecule has 2 aromatic carbocycles. The van der Waals surface area contributed by atoms with Gasteiger partial charge in [-0.3, -0.25) is 9.69 Å². The Morgan fingerprint density at radius 3 is 2.33 bits per heavy atom. The number of thioether (sulfide) groups is 1. The normalized spacial score (nSPS) is 19.0. The number of hydrogen-bond donors (Lipinski definition) is 0. The minimum absolute atomic E-state index is 0.102. The van der Waals surface area contributed by atoms with Crippen LogP contribution in [0.1, 0.15) is 17.2 Å². The molecule has 1 heterocycles. The van der Waals surface area contributed by atoms with Gasteiger partial charge >= 0.3 is 0 Å². The van der Waals surface area contributed by atoms with E-state index in [4.69, 9.17) is 4.74 Å². The smallest absolute Gasteiger partial charge is 0.284 e. The number of ether oxygens (including phenoxy) is 1. The highest BCUT2D eigenvalue weighted by Gasteiger charge is 2.39. The number of amides is 1. The number of benzene rings is 2. The van der Waals surface area contributed by atoms with E-state index in [-0.39, 0.29) is 16.0 Å². The van der Waals surface area contributed by atoms with Gasteiger partial charge < -0.3 is 4.74 Å². The van der Waals surface area contributed by atoms with Crippen molar-refractivity contribution >= 4 is 32.9 Å². The van der Waals surface area contributed by atoms with Crippen molar-refractivity contribution in [3.05, 3.63) is 66.2 Å². The van der Waals surface area contributed by atoms with E-state index in [9.17, 15) is 13.2 Å². The van der Waals surface area contributed by atoms with Crippen molar-refractivity contribution in [3.8, 4) is 0 Å². The van der Waals surface area contributed by atoms with Crippen molar-refractivity contribution in [2.45, 2.75) is 16.6 Å². The van der Waals surface area contributed by atoms with Gasteiger partial charge in [0, 0.05) is 20.3 Å². The first-order valence-corrected chi connectivity index (χ1v) is 10.8. The number of sulfonamides is 1. The van der Waals surface area contributed by atoms with E-state index in [1.807, 2.05) is 30.3 Å². The minimum Gasteiger partial charge on any atom is -0.385 e. The van der Waals surface area contributed by atoms with Gasteiger partial charge in [0.15, 0.2) is 5.17 Å². The number of carbonyl (C=O) groups is 1. The Morgan fingerprint density at radius 1 is 1.07 bits per heavy atom. The van der Waals surface area contributed by atoms with Gasteiger partial charge in [0.05, 0.1) is 4.90 Å². The van der Waals surface area contributed by atoms with Gasteiger partial charge in [-0.05, 0) is 24.1 Å². The molecule has 0 unspecified atom stereocenters. The van der Waals surface area contributed by atoms with Gasteiger partial charge in [-0.1, -0.05) is 60.3 Å². The summed E-state index contributed by atoms with van der Waals surface area (Å²) in [6, 6.07) is 17.3. The van der Waals surface area contributed by atoms with Gasteiger partial charge in [-0.15, -0.1) is 4.40 Å². The molecule has 0 bridgehead atoms. The van der Waals surface area contributed by atoms with Gasteiger partial charge in [0.2, 0.25) is 5.91 Å². The fourth-order valence-electron chi connectivity index (χ4n) is 2.69. The number of hydrogen-bond acceptors (Lipinski definition) is 5. The Hall–Kier alpha value is -2.16. The zero-order valence-corrected chi connectivity index (χ0v) is 16.4. The molecule has 27 heavy (non-hydrogen) atoms. The molecule has 0 N–H and O–H groups in total. The third-order valence-electron chi connectivity index (χ3n) is 4.02. The van der Waals surface area contributed by atoms with Crippen molar-refractivity contribution in [2.24, 2.45) is 4.40 Å². The summed E-state index contributed by atoms with van der Waals surface area (Å²) in [6.07, 6.45) is 0.592. The number of rotatable bonds is 7. The summed E-state index contributed by atoms with van der Waals surface area (Å²) in [5.41, 5.74) is 0.826. The molecule has 1 saturated heterocycles. The second kappa shape index (κ2) is 8.69. The molecule has 0 aromatic heterocycles. The zero-order valence-electron chi connectivity index (χ0n) is 14.8. The van der Waals surface area contributed by atoms with Crippen molar-refractivity contribution in [1.82, 2.24) is 4.90 Å². The van der Waals surface area contributed by atoms with Gasteiger partial charge in [-0.2, -0.15) is 8.42 Å². The predicted octanol–water partition coefficient (Wildman–Crippen LogP) is 3.08. The molecule has 1 aliphatic heterocycles. The van der Waals surface area contributed by atoms with Crippen molar-refractivity contribution in [2.75, 3.05) is 20.3 Å². The maximum atomic E-state index is 12.9. The van der Waals surface area contributed by atoms with Crippen LogP contribution in [0.2, 0.25) is 0 Å². The molecular formula is C19H20N2O4S2. The first-order chi connectivity index (χ1) is 13.0. The molecule has 6 nitrogen and oxygen atoms in total. The average Bonchev–Trinajstić information content (AvgIpc) is 2.98. The van der Waals surface area contributed by atoms with Crippen LogP contribution in [0, 0.1) is 0 Å². The second-order valence-corrected chi connectivity index (χ2v) is 8.58. The summed E-state index contributed by atoms with van der Waals surface area (Å²) in [5, 5.41) is -0.299. The van der Waals surface area contributed by atoms with Crippen molar-refractivity contribution < 1.29 is 17.9 Å². The van der Waals surface area contributed by atoms with Crippen LogP contribution in [-0.2, 0) is 19.6 Å². The molecule has 0 radical (unpaired) electrons. The fourth-order valence-corrected chi connectivity index (χ4v) is 5.10. The summed E-state index contributed by atoms with van der Waals surface area (Å²) in [5.74, 6) is -0.163. The Bertz CT molecular complexity index is 915. The van der Waals surface area contributed by atoms with E-state index >= 15 is 0 Å². The average molecular weight is 405 g/mol. The molecule has 2 aromatic rings. The van der Waals surface area contributed by atoms with Crippen LogP contribution in [0.4, 0.5) is 0 Å². The fraction of sp³-hybridized carbons (Fsp3) is 0.263. The topological polar surface area (TPSA) is 76.0 Å². The highest BCUT2D eigenvalue weighted by atomic mass is 32.2. The summed E-state index contributed by atoms with van der Waals surface area (Å²) >= 11 is 1.17. The van der Waals surface area contributed by atoms with E-state index < -0.39 is 15.3 Å². The molecule has 3 rings (SSSR count). The summed E-state index contributed by atoms with van der Waals surface area (Å²) in [6.45, 7) is 0.829.